The molecule has 0 fully saturated rings. The molecular formula is C34H55KO3S. The van der Waals surface area contributed by atoms with Crippen molar-refractivity contribution in [3.8, 4) is 0 Å². The summed E-state index contributed by atoms with van der Waals surface area (Å²) in [6, 6.07) is 9.66. The van der Waals surface area contributed by atoms with Crippen LogP contribution in [0.25, 0.3) is 10.8 Å². The predicted octanol–water partition coefficient (Wildman–Crippen LogP) is 7.67. The summed E-state index contributed by atoms with van der Waals surface area (Å²) in [4.78, 5) is 0.0239. The molecule has 0 saturated heterocycles. The van der Waals surface area contributed by atoms with Gasteiger partial charge in [0.15, 0.2) is 0 Å². The van der Waals surface area contributed by atoms with Crippen LogP contribution in [0.3, 0.4) is 0 Å². The molecule has 0 heterocycles. The average molecular weight is 583 g/mol. The first-order valence-corrected chi connectivity index (χ1v) is 17.4. The van der Waals surface area contributed by atoms with Gasteiger partial charge in [0.25, 0.3) is 0 Å². The van der Waals surface area contributed by atoms with Crippen LogP contribution in [0, 0.1) is 0 Å². The fraction of sp³-hybridized carbons (Fsp3) is 0.706. The number of hydrogen-bond acceptors (Lipinski definition) is 3. The first-order chi connectivity index (χ1) is 18.5. The normalized spacial score (nSPS) is 11.7. The number of benzene rings is 2. The summed E-state index contributed by atoms with van der Waals surface area (Å²) in [5.74, 6) is 0. The summed E-state index contributed by atoms with van der Waals surface area (Å²) in [7, 11) is -4.53. The second kappa shape index (κ2) is 22.8. The van der Waals surface area contributed by atoms with Crippen LogP contribution >= 0.6 is 0 Å². The van der Waals surface area contributed by atoms with Crippen molar-refractivity contribution in [2.24, 2.45) is 0 Å². The van der Waals surface area contributed by atoms with Crippen LogP contribution in [-0.2, 0) is 23.0 Å². The Hall–Kier alpha value is 0.246. The average Bonchev–Trinajstić information content (AvgIpc) is 2.90. The maximum absolute atomic E-state index is 12.3. The summed E-state index contributed by atoms with van der Waals surface area (Å²) < 4.78 is 37.0. The fourth-order valence-corrected chi connectivity index (χ4v) is 6.71. The minimum absolute atomic E-state index is 0. The van der Waals surface area contributed by atoms with E-state index in [1.807, 2.05) is 24.3 Å². The molecule has 0 N–H and O–H groups in total. The molecule has 0 unspecified atom stereocenters. The maximum Gasteiger partial charge on any atom is 1.00 e. The van der Waals surface area contributed by atoms with E-state index in [1.165, 1.54) is 115 Å². The van der Waals surface area contributed by atoms with Crippen molar-refractivity contribution in [2.45, 2.75) is 160 Å². The molecule has 0 bridgehead atoms. The molecule has 216 valence electrons. The van der Waals surface area contributed by atoms with E-state index in [1.54, 1.807) is 0 Å². The molecule has 0 amide bonds. The second-order valence-corrected chi connectivity index (χ2v) is 12.7. The van der Waals surface area contributed by atoms with Crippen molar-refractivity contribution in [1.29, 1.82) is 0 Å². The van der Waals surface area contributed by atoms with Gasteiger partial charge in [0.05, 0.1) is 4.90 Å². The zero-order valence-corrected chi connectivity index (χ0v) is 29.5. The smallest absolute Gasteiger partial charge is 0.744 e. The Morgan fingerprint density at radius 3 is 1.31 bits per heavy atom. The number of aryl methyl sites for hydroxylation is 2. The Bertz CT molecular complexity index is 1000. The van der Waals surface area contributed by atoms with E-state index in [0.717, 1.165) is 36.6 Å². The third-order valence-corrected chi connectivity index (χ3v) is 8.99. The first kappa shape index (κ1) is 37.3. The topological polar surface area (TPSA) is 57.2 Å². The molecule has 0 radical (unpaired) electrons. The minimum Gasteiger partial charge on any atom is -0.744 e. The molecule has 0 aliphatic heterocycles. The van der Waals surface area contributed by atoms with E-state index in [0.29, 0.717) is 11.8 Å². The van der Waals surface area contributed by atoms with Gasteiger partial charge in [-0.2, -0.15) is 0 Å². The summed E-state index contributed by atoms with van der Waals surface area (Å²) in [6.45, 7) is 4.51. The Balaban J connectivity index is 0.00000760. The molecule has 0 aliphatic rings. The van der Waals surface area contributed by atoms with Crippen LogP contribution in [-0.4, -0.2) is 13.0 Å². The summed E-state index contributed by atoms with van der Waals surface area (Å²) >= 11 is 0. The van der Waals surface area contributed by atoms with E-state index in [9.17, 15) is 13.0 Å². The zero-order valence-electron chi connectivity index (χ0n) is 25.6. The van der Waals surface area contributed by atoms with Crippen LogP contribution in [0.15, 0.2) is 35.2 Å². The van der Waals surface area contributed by atoms with Crippen LogP contribution in [0.2, 0.25) is 0 Å². The fourth-order valence-electron chi connectivity index (χ4n) is 5.78. The molecular weight excluding hydrogens is 528 g/mol. The molecule has 0 spiro atoms. The molecule has 0 aliphatic carbocycles. The van der Waals surface area contributed by atoms with E-state index in [2.05, 4.69) is 19.9 Å². The van der Waals surface area contributed by atoms with Gasteiger partial charge >= 0.3 is 51.4 Å². The van der Waals surface area contributed by atoms with Gasteiger partial charge in [-0.15, -0.1) is 0 Å². The SMILES string of the molecule is CCCCCCCCCCCCc1cc(CCCCCCCCCCCC)c2ccccc2c1S(=O)(=O)[O-].[K+]. The predicted molar refractivity (Wildman–Crippen MR) is 163 cm³/mol. The van der Waals surface area contributed by atoms with Crippen LogP contribution in [0.1, 0.15) is 153 Å². The van der Waals surface area contributed by atoms with Gasteiger partial charge in [-0.1, -0.05) is 160 Å². The molecule has 0 aromatic heterocycles. The third kappa shape index (κ3) is 15.3. The second-order valence-electron chi connectivity index (χ2n) is 11.4. The van der Waals surface area contributed by atoms with Gasteiger partial charge in [-0.25, -0.2) is 8.42 Å². The third-order valence-electron chi connectivity index (χ3n) is 8.01. The van der Waals surface area contributed by atoms with E-state index >= 15 is 0 Å². The van der Waals surface area contributed by atoms with Crippen molar-refractivity contribution in [1.82, 2.24) is 0 Å². The number of hydrogen-bond donors (Lipinski definition) is 0. The Labute approximate surface area is 283 Å². The van der Waals surface area contributed by atoms with E-state index in [4.69, 9.17) is 0 Å². The Morgan fingerprint density at radius 2 is 0.897 bits per heavy atom. The van der Waals surface area contributed by atoms with Gasteiger partial charge in [-0.3, -0.25) is 0 Å². The van der Waals surface area contributed by atoms with Gasteiger partial charge < -0.3 is 4.55 Å². The molecule has 2 rings (SSSR count). The van der Waals surface area contributed by atoms with Gasteiger partial charge in [0, 0.05) is 0 Å². The minimum atomic E-state index is -4.53. The standard InChI is InChI=1S/C34H56O3S.K/c1-3-5-7-9-11-13-15-17-19-21-25-30-29-31(26-22-20-18-16-14-12-10-8-6-4-2)34(38(35,36)37)33-28-24-23-27-32(30)33;/h23-24,27-29H,3-22,25-26H2,1-2H3,(H,35,36,37);/q;+1/p-1. The number of unbranched alkanes of at least 4 members (excludes halogenated alkanes) is 18. The number of fused-ring (bicyclic) bond motifs is 1. The quantitative estimate of drug-likeness (QED) is 0.0767. The van der Waals surface area contributed by atoms with Crippen LogP contribution < -0.4 is 51.4 Å². The summed E-state index contributed by atoms with van der Waals surface area (Å²) in [6.07, 6.45) is 27.0. The summed E-state index contributed by atoms with van der Waals surface area (Å²) in [5.41, 5.74) is 1.94. The van der Waals surface area contributed by atoms with E-state index in [-0.39, 0.29) is 56.3 Å². The van der Waals surface area contributed by atoms with Crippen LogP contribution in [0.4, 0.5) is 0 Å². The molecule has 3 nitrogen and oxygen atoms in total. The Kier molecular flexibility index (Phi) is 21.8. The molecule has 0 saturated carbocycles. The van der Waals surface area contributed by atoms with E-state index < -0.39 is 10.1 Å². The van der Waals surface area contributed by atoms with Crippen molar-refractivity contribution in [3.05, 3.63) is 41.5 Å². The molecule has 2 aromatic carbocycles. The number of rotatable bonds is 23. The van der Waals surface area contributed by atoms with Gasteiger partial charge in [-0.05, 0) is 47.6 Å². The first-order valence-electron chi connectivity index (χ1n) is 16.0. The van der Waals surface area contributed by atoms with Crippen molar-refractivity contribution >= 4 is 20.9 Å². The van der Waals surface area contributed by atoms with Crippen molar-refractivity contribution in [2.75, 3.05) is 0 Å². The molecule has 2 aromatic rings. The monoisotopic (exact) mass is 582 g/mol. The van der Waals surface area contributed by atoms with Gasteiger partial charge in [0.2, 0.25) is 0 Å². The summed E-state index contributed by atoms with van der Waals surface area (Å²) in [5, 5.41) is 1.55. The van der Waals surface area contributed by atoms with Gasteiger partial charge in [0.1, 0.15) is 10.1 Å². The maximum atomic E-state index is 12.3. The Morgan fingerprint density at radius 1 is 0.538 bits per heavy atom. The zero-order chi connectivity index (χ0) is 27.5. The van der Waals surface area contributed by atoms with Crippen LogP contribution in [0.5, 0.6) is 0 Å². The largest absolute Gasteiger partial charge is 1.00 e. The van der Waals surface area contributed by atoms with Crippen molar-refractivity contribution in [3.63, 3.8) is 0 Å². The van der Waals surface area contributed by atoms with Crippen molar-refractivity contribution < 1.29 is 64.4 Å². The molecule has 5 heteroatoms. The molecule has 0 atom stereocenters. The molecule has 39 heavy (non-hydrogen) atoms.